The second-order valence-electron chi connectivity index (χ2n) is 6.48. The summed E-state index contributed by atoms with van der Waals surface area (Å²) >= 11 is 0. The lowest BCUT2D eigenvalue weighted by molar-refractivity contribution is -0.139. The first kappa shape index (κ1) is 18.7. The number of aromatic nitrogens is 2. The maximum atomic E-state index is 13.7. The molecule has 0 atom stereocenters. The van der Waals surface area contributed by atoms with E-state index in [-0.39, 0.29) is 28.3 Å². The van der Waals surface area contributed by atoms with Crippen LogP contribution in [0.1, 0.15) is 11.3 Å². The van der Waals surface area contributed by atoms with E-state index in [9.17, 15) is 17.6 Å². The van der Waals surface area contributed by atoms with Crippen LogP contribution in [-0.4, -0.2) is 9.97 Å². The molecule has 0 bridgehead atoms. The number of nitrogens with two attached hydrogens (primary N) is 2. The van der Waals surface area contributed by atoms with Crippen LogP contribution in [0.15, 0.2) is 47.1 Å². The molecule has 0 aliphatic heterocycles. The molecule has 4 aromatic rings. The Labute approximate surface area is 162 Å². The highest BCUT2D eigenvalue weighted by molar-refractivity contribution is 6.09. The SMILES string of the molecule is Cc1cc(-c2ncc(-c3ccc(F)c(C(F)(F)F)c3)c3c(N)c(N)oc23)ccn1. The topological polar surface area (TPSA) is 91.0 Å². The molecule has 148 valence electrons. The summed E-state index contributed by atoms with van der Waals surface area (Å²) in [4.78, 5) is 8.48. The third-order valence-corrected chi connectivity index (χ3v) is 4.53. The second kappa shape index (κ2) is 6.47. The molecule has 3 aromatic heterocycles. The lowest BCUT2D eigenvalue weighted by Crippen LogP contribution is -2.08. The Morgan fingerprint density at radius 1 is 1.00 bits per heavy atom. The molecule has 0 amide bonds. The highest BCUT2D eigenvalue weighted by Crippen LogP contribution is 2.43. The minimum atomic E-state index is -4.85. The first-order chi connectivity index (χ1) is 13.7. The molecule has 0 spiro atoms. The fourth-order valence-corrected chi connectivity index (χ4v) is 3.18. The maximum Gasteiger partial charge on any atom is 0.419 e. The van der Waals surface area contributed by atoms with Crippen molar-refractivity contribution in [2.75, 3.05) is 11.5 Å². The number of hydrogen-bond acceptors (Lipinski definition) is 5. The van der Waals surface area contributed by atoms with Crippen molar-refractivity contribution in [1.82, 2.24) is 9.97 Å². The standard InChI is InChI=1S/C20H14F4N4O/c1-9-6-11(4-5-27-9)17-18-15(16(25)19(26)29-18)12(8-28-17)10-2-3-14(21)13(7-10)20(22,23)24/h2-8H,25-26H2,1H3. The molecule has 0 fully saturated rings. The minimum absolute atomic E-state index is 0.0716. The molecule has 0 radical (unpaired) electrons. The molecule has 0 aliphatic carbocycles. The first-order valence-electron chi connectivity index (χ1n) is 8.43. The van der Waals surface area contributed by atoms with Gasteiger partial charge < -0.3 is 15.9 Å². The van der Waals surface area contributed by atoms with E-state index in [0.717, 1.165) is 11.8 Å². The molecule has 3 heterocycles. The molecule has 0 unspecified atom stereocenters. The van der Waals surface area contributed by atoms with Crippen LogP contribution in [0.4, 0.5) is 29.1 Å². The summed E-state index contributed by atoms with van der Waals surface area (Å²) in [5.74, 6) is -1.45. The Morgan fingerprint density at radius 3 is 2.45 bits per heavy atom. The molecule has 4 N–H and O–H groups in total. The van der Waals surface area contributed by atoms with Gasteiger partial charge in [-0.2, -0.15) is 13.2 Å². The number of rotatable bonds is 2. The van der Waals surface area contributed by atoms with Gasteiger partial charge in [-0.05, 0) is 36.8 Å². The summed E-state index contributed by atoms with van der Waals surface area (Å²) in [5, 5.41) is 0.307. The summed E-state index contributed by atoms with van der Waals surface area (Å²) < 4.78 is 58.7. The Morgan fingerprint density at radius 2 is 1.76 bits per heavy atom. The van der Waals surface area contributed by atoms with Gasteiger partial charge in [0.25, 0.3) is 0 Å². The molecule has 4 rings (SSSR count). The highest BCUT2D eigenvalue weighted by atomic mass is 19.4. The third-order valence-electron chi connectivity index (χ3n) is 4.53. The van der Waals surface area contributed by atoms with E-state index in [2.05, 4.69) is 9.97 Å². The summed E-state index contributed by atoms with van der Waals surface area (Å²) in [6.07, 6.45) is -1.88. The number of furan rings is 1. The zero-order valence-electron chi connectivity index (χ0n) is 15.0. The van der Waals surface area contributed by atoms with Crippen LogP contribution in [0.3, 0.4) is 0 Å². The molecule has 1 aromatic carbocycles. The van der Waals surface area contributed by atoms with E-state index in [1.807, 2.05) is 0 Å². The van der Waals surface area contributed by atoms with Gasteiger partial charge in [-0.25, -0.2) is 4.39 Å². The van der Waals surface area contributed by atoms with Gasteiger partial charge in [-0.15, -0.1) is 0 Å². The Hall–Kier alpha value is -3.62. The Kier molecular flexibility index (Phi) is 4.18. The van der Waals surface area contributed by atoms with Crippen molar-refractivity contribution in [2.24, 2.45) is 0 Å². The summed E-state index contributed by atoms with van der Waals surface area (Å²) in [6, 6.07) is 6.17. The van der Waals surface area contributed by atoms with E-state index in [0.29, 0.717) is 22.7 Å². The van der Waals surface area contributed by atoms with Crippen molar-refractivity contribution in [3.8, 4) is 22.4 Å². The number of halogens is 4. The van der Waals surface area contributed by atoms with Crippen LogP contribution >= 0.6 is 0 Å². The number of pyridine rings is 2. The van der Waals surface area contributed by atoms with Gasteiger partial charge in [0.15, 0.2) is 5.58 Å². The Bertz CT molecular complexity index is 1250. The lowest BCUT2D eigenvalue weighted by atomic mass is 9.98. The predicted molar refractivity (Wildman–Crippen MR) is 101 cm³/mol. The van der Waals surface area contributed by atoms with Crippen molar-refractivity contribution in [3.05, 3.63) is 59.8 Å². The average Bonchev–Trinajstić information content (AvgIpc) is 2.95. The summed E-state index contributed by atoms with van der Waals surface area (Å²) in [5.41, 5.74) is 13.0. The van der Waals surface area contributed by atoms with E-state index in [1.54, 1.807) is 25.3 Å². The van der Waals surface area contributed by atoms with Crippen LogP contribution < -0.4 is 11.5 Å². The molecule has 29 heavy (non-hydrogen) atoms. The average molecular weight is 402 g/mol. The van der Waals surface area contributed by atoms with Crippen molar-refractivity contribution in [3.63, 3.8) is 0 Å². The quantitative estimate of drug-likeness (QED) is 0.451. The molecule has 0 saturated carbocycles. The molecular weight excluding hydrogens is 388 g/mol. The van der Waals surface area contributed by atoms with Crippen molar-refractivity contribution >= 4 is 22.5 Å². The van der Waals surface area contributed by atoms with Gasteiger partial charge in [-0.1, -0.05) is 6.07 Å². The molecule has 0 aliphatic rings. The zero-order valence-corrected chi connectivity index (χ0v) is 15.0. The number of anilines is 2. The molecule has 5 nitrogen and oxygen atoms in total. The van der Waals surface area contributed by atoms with Gasteiger partial charge in [0.1, 0.15) is 17.2 Å². The van der Waals surface area contributed by atoms with E-state index < -0.39 is 17.6 Å². The van der Waals surface area contributed by atoms with E-state index in [4.69, 9.17) is 15.9 Å². The molecule has 9 heteroatoms. The fraction of sp³-hybridized carbons (Fsp3) is 0.100. The normalized spacial score (nSPS) is 11.9. The third kappa shape index (κ3) is 3.14. The lowest BCUT2D eigenvalue weighted by Gasteiger charge is -2.12. The van der Waals surface area contributed by atoms with Crippen LogP contribution in [0, 0.1) is 12.7 Å². The number of benzene rings is 1. The van der Waals surface area contributed by atoms with Gasteiger partial charge in [-0.3, -0.25) is 9.97 Å². The van der Waals surface area contributed by atoms with Crippen LogP contribution in [0.2, 0.25) is 0 Å². The van der Waals surface area contributed by atoms with Gasteiger partial charge in [0, 0.05) is 29.2 Å². The van der Waals surface area contributed by atoms with Crippen molar-refractivity contribution < 1.29 is 22.0 Å². The fourth-order valence-electron chi connectivity index (χ4n) is 3.18. The monoisotopic (exact) mass is 402 g/mol. The van der Waals surface area contributed by atoms with Crippen molar-refractivity contribution in [2.45, 2.75) is 13.1 Å². The number of alkyl halides is 3. The maximum absolute atomic E-state index is 13.7. The van der Waals surface area contributed by atoms with Gasteiger partial charge in [0.2, 0.25) is 5.88 Å². The summed E-state index contributed by atoms with van der Waals surface area (Å²) in [6.45, 7) is 1.80. The highest BCUT2D eigenvalue weighted by Gasteiger charge is 2.34. The number of nitrogens with zero attached hydrogens (tertiary/aromatic N) is 2. The van der Waals surface area contributed by atoms with Gasteiger partial charge in [0.05, 0.1) is 10.9 Å². The van der Waals surface area contributed by atoms with E-state index in [1.165, 1.54) is 12.3 Å². The molecule has 0 saturated heterocycles. The first-order valence-corrected chi connectivity index (χ1v) is 8.43. The van der Waals surface area contributed by atoms with Crippen LogP contribution in [-0.2, 0) is 6.18 Å². The largest absolute Gasteiger partial charge is 0.436 e. The smallest absolute Gasteiger partial charge is 0.419 e. The molecular formula is C20H14F4N4O. The minimum Gasteiger partial charge on any atom is -0.436 e. The number of fused-ring (bicyclic) bond motifs is 1. The van der Waals surface area contributed by atoms with Crippen molar-refractivity contribution in [1.29, 1.82) is 0 Å². The predicted octanol–water partition coefficient (Wildman–Crippen LogP) is 5.19. The Balaban J connectivity index is 2.00. The number of hydrogen-bond donors (Lipinski definition) is 2. The van der Waals surface area contributed by atoms with Crippen LogP contribution in [0.25, 0.3) is 33.4 Å². The number of aryl methyl sites for hydroxylation is 1. The second-order valence-corrected chi connectivity index (χ2v) is 6.48. The number of nitrogen functional groups attached to an aromatic ring is 2. The van der Waals surface area contributed by atoms with Crippen LogP contribution in [0.5, 0.6) is 0 Å². The zero-order chi connectivity index (χ0) is 20.9. The van der Waals surface area contributed by atoms with E-state index >= 15 is 0 Å². The summed E-state index contributed by atoms with van der Waals surface area (Å²) in [7, 11) is 0. The van der Waals surface area contributed by atoms with Gasteiger partial charge >= 0.3 is 6.18 Å².